The molecule has 2 aromatic rings. The second-order valence-electron chi connectivity index (χ2n) is 7.15. The van der Waals surface area contributed by atoms with Crippen LogP contribution in [0.5, 0.6) is 0 Å². The summed E-state index contributed by atoms with van der Waals surface area (Å²) >= 11 is 0. The maximum Gasteiger partial charge on any atom is 0.275 e. The first-order chi connectivity index (χ1) is 12.0. The highest BCUT2D eigenvalue weighted by Crippen LogP contribution is 2.24. The Balaban J connectivity index is 1.71. The Bertz CT molecular complexity index is 727. The van der Waals surface area contributed by atoms with Crippen molar-refractivity contribution >= 4 is 17.4 Å². The largest absolute Gasteiger partial charge is 0.355 e. The SMILES string of the molecule is CC1CCCN(c2cnc(C(=O)Nc3ccccc3C(C)C)cn2)C1. The van der Waals surface area contributed by atoms with E-state index in [1.807, 2.05) is 24.3 Å². The van der Waals surface area contributed by atoms with Gasteiger partial charge in [-0.05, 0) is 36.3 Å². The smallest absolute Gasteiger partial charge is 0.275 e. The summed E-state index contributed by atoms with van der Waals surface area (Å²) in [6.07, 6.45) is 5.72. The number of piperidine rings is 1. The minimum Gasteiger partial charge on any atom is -0.355 e. The molecule has 0 spiro atoms. The number of rotatable bonds is 4. The molecule has 1 aromatic heterocycles. The Kier molecular flexibility index (Phi) is 5.31. The molecule has 0 aliphatic carbocycles. The highest BCUT2D eigenvalue weighted by molar-refractivity contribution is 6.03. The summed E-state index contributed by atoms with van der Waals surface area (Å²) in [6.45, 7) is 8.49. The van der Waals surface area contributed by atoms with Crippen molar-refractivity contribution in [2.75, 3.05) is 23.3 Å². The number of benzene rings is 1. The highest BCUT2D eigenvalue weighted by Gasteiger charge is 2.18. The number of hydrogen-bond acceptors (Lipinski definition) is 4. The van der Waals surface area contributed by atoms with Crippen LogP contribution < -0.4 is 10.2 Å². The van der Waals surface area contributed by atoms with E-state index in [4.69, 9.17) is 0 Å². The van der Waals surface area contributed by atoms with Crippen LogP contribution >= 0.6 is 0 Å². The number of aromatic nitrogens is 2. The average Bonchev–Trinajstić information content (AvgIpc) is 2.62. The number of para-hydroxylation sites is 1. The van der Waals surface area contributed by atoms with Gasteiger partial charge in [-0.2, -0.15) is 0 Å². The molecule has 1 aliphatic rings. The minimum atomic E-state index is -0.223. The van der Waals surface area contributed by atoms with Crippen molar-refractivity contribution in [1.29, 1.82) is 0 Å². The molecular formula is C20H26N4O. The lowest BCUT2D eigenvalue weighted by Gasteiger charge is -2.31. The van der Waals surface area contributed by atoms with Crippen molar-refractivity contribution in [3.63, 3.8) is 0 Å². The van der Waals surface area contributed by atoms with Gasteiger partial charge in [-0.25, -0.2) is 9.97 Å². The van der Waals surface area contributed by atoms with Crippen molar-refractivity contribution in [1.82, 2.24) is 9.97 Å². The molecule has 1 amide bonds. The van der Waals surface area contributed by atoms with Gasteiger partial charge >= 0.3 is 0 Å². The normalized spacial score (nSPS) is 17.6. The van der Waals surface area contributed by atoms with Gasteiger partial charge in [0.1, 0.15) is 11.5 Å². The molecule has 3 rings (SSSR count). The fraction of sp³-hybridized carbons (Fsp3) is 0.450. The number of amides is 1. The fourth-order valence-corrected chi connectivity index (χ4v) is 3.30. The van der Waals surface area contributed by atoms with Crippen LogP contribution in [0.25, 0.3) is 0 Å². The van der Waals surface area contributed by atoms with Crippen molar-refractivity contribution in [2.24, 2.45) is 5.92 Å². The Labute approximate surface area is 149 Å². The summed E-state index contributed by atoms with van der Waals surface area (Å²) in [6, 6.07) is 7.86. The first-order valence-electron chi connectivity index (χ1n) is 9.02. The fourth-order valence-electron chi connectivity index (χ4n) is 3.30. The molecule has 1 N–H and O–H groups in total. The number of carbonyl (C=O) groups is 1. The number of anilines is 2. The zero-order valence-corrected chi connectivity index (χ0v) is 15.2. The molecule has 0 radical (unpaired) electrons. The van der Waals surface area contributed by atoms with E-state index in [1.165, 1.54) is 12.8 Å². The summed E-state index contributed by atoms with van der Waals surface area (Å²) in [4.78, 5) is 23.5. The van der Waals surface area contributed by atoms with Crippen molar-refractivity contribution in [3.8, 4) is 0 Å². The molecule has 0 bridgehead atoms. The second kappa shape index (κ2) is 7.64. The van der Waals surface area contributed by atoms with E-state index in [1.54, 1.807) is 12.4 Å². The van der Waals surface area contributed by atoms with E-state index in [9.17, 15) is 4.79 Å². The Morgan fingerprint density at radius 2 is 2.04 bits per heavy atom. The van der Waals surface area contributed by atoms with E-state index in [0.29, 0.717) is 17.5 Å². The molecule has 0 saturated carbocycles. The second-order valence-corrected chi connectivity index (χ2v) is 7.15. The molecule has 1 aromatic carbocycles. The van der Waals surface area contributed by atoms with Crippen LogP contribution in [-0.4, -0.2) is 29.0 Å². The molecule has 25 heavy (non-hydrogen) atoms. The van der Waals surface area contributed by atoms with Gasteiger partial charge in [0.15, 0.2) is 0 Å². The maximum atomic E-state index is 12.5. The van der Waals surface area contributed by atoms with E-state index in [2.05, 4.69) is 41.0 Å². The third-order valence-corrected chi connectivity index (χ3v) is 4.68. The lowest BCUT2D eigenvalue weighted by Crippen LogP contribution is -2.35. The Morgan fingerprint density at radius 3 is 2.72 bits per heavy atom. The standard InChI is InChI=1S/C20H26N4O/c1-14(2)16-8-4-5-9-17(16)23-20(25)18-11-22-19(12-21-18)24-10-6-7-15(3)13-24/h4-5,8-9,11-12,14-15H,6-7,10,13H2,1-3H3,(H,23,25). The average molecular weight is 338 g/mol. The van der Waals surface area contributed by atoms with E-state index < -0.39 is 0 Å². The van der Waals surface area contributed by atoms with Crippen LogP contribution in [0, 0.1) is 5.92 Å². The maximum absolute atomic E-state index is 12.5. The van der Waals surface area contributed by atoms with Gasteiger partial charge in [0, 0.05) is 18.8 Å². The molecule has 1 unspecified atom stereocenters. The van der Waals surface area contributed by atoms with Gasteiger partial charge in [-0.1, -0.05) is 39.0 Å². The zero-order chi connectivity index (χ0) is 17.8. The van der Waals surface area contributed by atoms with Gasteiger partial charge in [-0.15, -0.1) is 0 Å². The van der Waals surface area contributed by atoms with Crippen LogP contribution in [-0.2, 0) is 0 Å². The van der Waals surface area contributed by atoms with E-state index in [0.717, 1.165) is 30.2 Å². The summed E-state index contributed by atoms with van der Waals surface area (Å²) in [7, 11) is 0. The van der Waals surface area contributed by atoms with Gasteiger partial charge in [0.25, 0.3) is 5.91 Å². The third-order valence-electron chi connectivity index (χ3n) is 4.68. The number of hydrogen-bond donors (Lipinski definition) is 1. The van der Waals surface area contributed by atoms with Crippen LogP contribution in [0.3, 0.4) is 0 Å². The third kappa shape index (κ3) is 4.16. The number of nitrogens with one attached hydrogen (secondary N) is 1. The van der Waals surface area contributed by atoms with Gasteiger partial charge in [0.05, 0.1) is 12.4 Å². The first-order valence-corrected chi connectivity index (χ1v) is 9.02. The topological polar surface area (TPSA) is 58.1 Å². The molecular weight excluding hydrogens is 312 g/mol. The first kappa shape index (κ1) is 17.4. The summed E-state index contributed by atoms with van der Waals surface area (Å²) in [5, 5.41) is 2.96. The predicted octanol–water partition coefficient (Wildman–Crippen LogP) is 4.09. The van der Waals surface area contributed by atoms with Crippen LogP contribution in [0.4, 0.5) is 11.5 Å². The number of nitrogens with zero attached hydrogens (tertiary/aromatic N) is 3. The summed E-state index contributed by atoms with van der Waals surface area (Å²) in [5.74, 6) is 1.64. The molecule has 1 fully saturated rings. The molecule has 1 saturated heterocycles. The Morgan fingerprint density at radius 1 is 1.24 bits per heavy atom. The predicted molar refractivity (Wildman–Crippen MR) is 101 cm³/mol. The van der Waals surface area contributed by atoms with Crippen molar-refractivity contribution in [3.05, 3.63) is 47.9 Å². The molecule has 1 atom stereocenters. The van der Waals surface area contributed by atoms with Gasteiger partial charge in [0.2, 0.25) is 0 Å². The lowest BCUT2D eigenvalue weighted by atomic mass is 10.0. The molecule has 2 heterocycles. The molecule has 5 nitrogen and oxygen atoms in total. The van der Waals surface area contributed by atoms with E-state index in [-0.39, 0.29) is 5.91 Å². The van der Waals surface area contributed by atoms with Crippen LogP contribution in [0.2, 0.25) is 0 Å². The van der Waals surface area contributed by atoms with Gasteiger partial charge < -0.3 is 10.2 Å². The summed E-state index contributed by atoms with van der Waals surface area (Å²) in [5.41, 5.74) is 2.29. The number of carbonyl (C=O) groups excluding carboxylic acids is 1. The lowest BCUT2D eigenvalue weighted by molar-refractivity contribution is 0.102. The van der Waals surface area contributed by atoms with Crippen LogP contribution in [0.1, 0.15) is 55.6 Å². The van der Waals surface area contributed by atoms with Gasteiger partial charge in [-0.3, -0.25) is 4.79 Å². The molecule has 1 aliphatic heterocycles. The summed E-state index contributed by atoms with van der Waals surface area (Å²) < 4.78 is 0. The highest BCUT2D eigenvalue weighted by atomic mass is 16.1. The Hall–Kier alpha value is -2.43. The molecule has 132 valence electrons. The van der Waals surface area contributed by atoms with E-state index >= 15 is 0 Å². The van der Waals surface area contributed by atoms with Crippen molar-refractivity contribution in [2.45, 2.75) is 39.5 Å². The molecule has 5 heteroatoms. The minimum absolute atomic E-state index is 0.223. The van der Waals surface area contributed by atoms with Crippen LogP contribution in [0.15, 0.2) is 36.7 Å². The quantitative estimate of drug-likeness (QED) is 0.912. The zero-order valence-electron chi connectivity index (χ0n) is 15.2. The van der Waals surface area contributed by atoms with Crippen molar-refractivity contribution < 1.29 is 4.79 Å². The monoisotopic (exact) mass is 338 g/mol.